The Bertz CT molecular complexity index is 192. The minimum atomic E-state index is -0.0200. The molecule has 1 aromatic heterocycles. The van der Waals surface area contributed by atoms with Gasteiger partial charge in [-0.15, -0.1) is 0 Å². The van der Waals surface area contributed by atoms with Gasteiger partial charge in [-0.25, -0.2) is 0 Å². The highest BCUT2D eigenvalue weighted by Gasteiger charge is 1.89. The fourth-order valence-electron chi connectivity index (χ4n) is 0.491. The van der Waals surface area contributed by atoms with Crippen molar-refractivity contribution in [2.24, 2.45) is 5.73 Å². The van der Waals surface area contributed by atoms with Gasteiger partial charge in [-0.2, -0.15) is 11.3 Å². The first-order chi connectivity index (χ1) is 4.29. The molecule has 9 heavy (non-hydrogen) atoms. The zero-order chi connectivity index (χ0) is 6.69. The Morgan fingerprint density at radius 3 is 3.00 bits per heavy atom. The van der Waals surface area contributed by atoms with Gasteiger partial charge >= 0.3 is 0 Å². The molecule has 0 fully saturated rings. The topological polar surface area (TPSA) is 61.9 Å². The highest BCUT2D eigenvalue weighted by Crippen LogP contribution is 2.10. The second-order valence-corrected chi connectivity index (χ2v) is 2.33. The molecule has 0 amide bonds. The zero-order valence-corrected chi connectivity index (χ0v) is 5.53. The number of hydrogen-bond acceptors (Lipinski definition) is 2. The monoisotopic (exact) mass is 141 g/mol. The molecule has 1 aromatic rings. The molecule has 0 aromatic carbocycles. The molecule has 1 rings (SSSR count). The van der Waals surface area contributed by atoms with Crippen molar-refractivity contribution in [3.8, 4) is 0 Å². The molecule has 4 N–H and O–H groups in total. The minimum absolute atomic E-state index is 0.0200. The number of anilines is 1. The lowest BCUT2D eigenvalue weighted by atomic mass is 10.5. The molecule has 3 nitrogen and oxygen atoms in total. The van der Waals surface area contributed by atoms with E-state index in [0.717, 1.165) is 5.69 Å². The maximum Gasteiger partial charge on any atom is 0.190 e. The fourth-order valence-corrected chi connectivity index (χ4v) is 1.08. The van der Waals surface area contributed by atoms with Crippen molar-refractivity contribution >= 4 is 23.0 Å². The average Bonchev–Trinajstić information content (AvgIpc) is 2.15. The Hall–Kier alpha value is -1.03. The van der Waals surface area contributed by atoms with Gasteiger partial charge in [0, 0.05) is 5.38 Å². The van der Waals surface area contributed by atoms with E-state index in [1.165, 1.54) is 0 Å². The molecular formula is C5H7N3S. The quantitative estimate of drug-likeness (QED) is 0.404. The minimum Gasteiger partial charge on any atom is -0.370 e. The van der Waals surface area contributed by atoms with Crippen molar-refractivity contribution in [1.82, 2.24) is 0 Å². The van der Waals surface area contributed by atoms with Crippen LogP contribution in [0.1, 0.15) is 0 Å². The number of guanidine groups is 1. The molecule has 4 heteroatoms. The second-order valence-electron chi connectivity index (χ2n) is 1.55. The summed E-state index contributed by atoms with van der Waals surface area (Å²) in [5.74, 6) is -0.0200. The highest BCUT2D eigenvalue weighted by atomic mass is 32.1. The van der Waals surface area contributed by atoms with Crippen LogP contribution in [0.4, 0.5) is 5.69 Å². The number of nitrogens with one attached hydrogen (secondary N) is 2. The molecule has 0 bridgehead atoms. The van der Waals surface area contributed by atoms with Crippen molar-refractivity contribution < 1.29 is 0 Å². The molecule has 0 unspecified atom stereocenters. The third-order valence-electron chi connectivity index (χ3n) is 0.800. The Balaban J connectivity index is 2.58. The van der Waals surface area contributed by atoms with E-state index in [0.29, 0.717) is 0 Å². The Labute approximate surface area is 57.0 Å². The first-order valence-corrected chi connectivity index (χ1v) is 3.36. The van der Waals surface area contributed by atoms with Crippen molar-refractivity contribution in [2.75, 3.05) is 5.32 Å². The summed E-state index contributed by atoms with van der Waals surface area (Å²) >= 11 is 1.57. The zero-order valence-electron chi connectivity index (χ0n) is 4.72. The fraction of sp³-hybridized carbons (Fsp3) is 0. The van der Waals surface area contributed by atoms with Gasteiger partial charge in [-0.3, -0.25) is 5.41 Å². The molecule has 0 aliphatic heterocycles. The molecule has 0 atom stereocenters. The van der Waals surface area contributed by atoms with Gasteiger partial charge in [0.15, 0.2) is 5.96 Å². The summed E-state index contributed by atoms with van der Waals surface area (Å²) in [6, 6.07) is 1.87. The maximum atomic E-state index is 6.84. The molecule has 0 aliphatic carbocycles. The van der Waals surface area contributed by atoms with Crippen LogP contribution in [0.3, 0.4) is 0 Å². The summed E-state index contributed by atoms with van der Waals surface area (Å²) in [6.07, 6.45) is 0. The van der Waals surface area contributed by atoms with E-state index in [2.05, 4.69) is 5.32 Å². The van der Waals surface area contributed by atoms with Crippen molar-refractivity contribution in [2.45, 2.75) is 0 Å². The SMILES string of the molecule is N=C(N)Nc1ccsc1. The van der Waals surface area contributed by atoms with Crippen molar-refractivity contribution in [3.05, 3.63) is 16.8 Å². The highest BCUT2D eigenvalue weighted by molar-refractivity contribution is 7.08. The van der Waals surface area contributed by atoms with Crippen LogP contribution < -0.4 is 11.1 Å². The van der Waals surface area contributed by atoms with Gasteiger partial charge in [-0.1, -0.05) is 0 Å². The van der Waals surface area contributed by atoms with Gasteiger partial charge in [0.1, 0.15) is 0 Å². The van der Waals surface area contributed by atoms with Gasteiger partial charge in [0.05, 0.1) is 5.69 Å². The van der Waals surface area contributed by atoms with Crippen LogP contribution in [0, 0.1) is 5.41 Å². The molecular weight excluding hydrogens is 134 g/mol. The van der Waals surface area contributed by atoms with Crippen LogP contribution >= 0.6 is 11.3 Å². The van der Waals surface area contributed by atoms with Crippen LogP contribution in [0.2, 0.25) is 0 Å². The Kier molecular flexibility index (Phi) is 1.69. The largest absolute Gasteiger partial charge is 0.370 e. The molecule has 0 aliphatic rings. The van der Waals surface area contributed by atoms with Crippen LogP contribution in [-0.2, 0) is 0 Å². The van der Waals surface area contributed by atoms with E-state index < -0.39 is 0 Å². The molecule has 48 valence electrons. The van der Waals surface area contributed by atoms with E-state index >= 15 is 0 Å². The van der Waals surface area contributed by atoms with Gasteiger partial charge < -0.3 is 11.1 Å². The Morgan fingerprint density at radius 2 is 2.56 bits per heavy atom. The van der Waals surface area contributed by atoms with Crippen LogP contribution in [-0.4, -0.2) is 5.96 Å². The summed E-state index contributed by atoms with van der Waals surface area (Å²) in [7, 11) is 0. The van der Waals surface area contributed by atoms with E-state index in [1.54, 1.807) is 11.3 Å². The lowest BCUT2D eigenvalue weighted by Crippen LogP contribution is -2.19. The van der Waals surface area contributed by atoms with Crippen LogP contribution in [0.5, 0.6) is 0 Å². The summed E-state index contributed by atoms with van der Waals surface area (Å²) in [4.78, 5) is 0. The standard InChI is InChI=1S/C5H7N3S/c6-5(7)8-4-1-2-9-3-4/h1-3H,(H4,6,7,8). The smallest absolute Gasteiger partial charge is 0.190 e. The maximum absolute atomic E-state index is 6.84. The van der Waals surface area contributed by atoms with Gasteiger partial charge in [-0.05, 0) is 11.4 Å². The molecule has 0 spiro atoms. The summed E-state index contributed by atoms with van der Waals surface area (Å²) in [5, 5.41) is 13.3. The molecule has 0 saturated heterocycles. The molecule has 0 radical (unpaired) electrons. The van der Waals surface area contributed by atoms with Crippen molar-refractivity contribution in [3.63, 3.8) is 0 Å². The third kappa shape index (κ3) is 1.73. The summed E-state index contributed by atoms with van der Waals surface area (Å²) in [5.41, 5.74) is 5.94. The van der Waals surface area contributed by atoms with Gasteiger partial charge in [0.2, 0.25) is 0 Å². The Morgan fingerprint density at radius 1 is 1.78 bits per heavy atom. The van der Waals surface area contributed by atoms with E-state index in [9.17, 15) is 0 Å². The number of nitrogens with two attached hydrogens (primary N) is 1. The number of hydrogen-bond donors (Lipinski definition) is 3. The number of thiophene rings is 1. The normalized spacial score (nSPS) is 8.89. The molecule has 1 heterocycles. The first-order valence-electron chi connectivity index (χ1n) is 2.42. The predicted molar refractivity (Wildman–Crippen MR) is 39.9 cm³/mol. The van der Waals surface area contributed by atoms with E-state index in [-0.39, 0.29) is 5.96 Å². The predicted octanol–water partition coefficient (Wildman–Crippen LogP) is 1.05. The molecule has 0 saturated carbocycles. The first kappa shape index (κ1) is 6.10. The average molecular weight is 141 g/mol. The van der Waals surface area contributed by atoms with Gasteiger partial charge in [0.25, 0.3) is 0 Å². The van der Waals surface area contributed by atoms with E-state index in [4.69, 9.17) is 11.1 Å². The lowest BCUT2D eigenvalue weighted by molar-refractivity contribution is 1.42. The number of rotatable bonds is 1. The van der Waals surface area contributed by atoms with Crippen LogP contribution in [0.25, 0.3) is 0 Å². The van der Waals surface area contributed by atoms with E-state index in [1.807, 2.05) is 16.8 Å². The summed E-state index contributed by atoms with van der Waals surface area (Å²) < 4.78 is 0. The summed E-state index contributed by atoms with van der Waals surface area (Å²) in [6.45, 7) is 0. The van der Waals surface area contributed by atoms with Crippen molar-refractivity contribution in [1.29, 1.82) is 5.41 Å². The van der Waals surface area contributed by atoms with Crippen LogP contribution in [0.15, 0.2) is 16.8 Å². The third-order valence-corrected chi connectivity index (χ3v) is 1.48. The lowest BCUT2D eigenvalue weighted by Gasteiger charge is -1.96. The second kappa shape index (κ2) is 2.50.